The molecule has 0 nitrogen and oxygen atoms in total. The second-order valence-corrected chi connectivity index (χ2v) is 6.32. The third-order valence-electron chi connectivity index (χ3n) is 4.46. The molecular formula is C19H7BF10. The Labute approximate surface area is 162 Å². The fourth-order valence-corrected chi connectivity index (χ4v) is 3.05. The number of hydrogen-bond acceptors (Lipinski definition) is 0. The molecule has 3 aromatic rings. The Morgan fingerprint density at radius 2 is 0.800 bits per heavy atom. The third kappa shape index (κ3) is 3.42. The third-order valence-corrected chi connectivity index (χ3v) is 4.46. The molecule has 0 fully saturated rings. The van der Waals surface area contributed by atoms with E-state index in [2.05, 4.69) is 0 Å². The van der Waals surface area contributed by atoms with Gasteiger partial charge in [0.05, 0.1) is 0 Å². The topological polar surface area (TPSA) is 0 Å². The quantitative estimate of drug-likeness (QED) is 0.332. The van der Waals surface area contributed by atoms with E-state index in [1.807, 2.05) is 0 Å². The van der Waals surface area contributed by atoms with Crippen molar-refractivity contribution < 1.29 is 43.9 Å². The van der Waals surface area contributed by atoms with Crippen LogP contribution in [0.2, 0.25) is 0 Å². The van der Waals surface area contributed by atoms with Crippen LogP contribution in [0.15, 0.2) is 24.3 Å². The van der Waals surface area contributed by atoms with Gasteiger partial charge in [0.15, 0.2) is 46.5 Å². The van der Waals surface area contributed by atoms with Crippen LogP contribution < -0.4 is 16.4 Å². The van der Waals surface area contributed by atoms with Crippen LogP contribution in [0.5, 0.6) is 0 Å². The maximum absolute atomic E-state index is 14.5. The lowest BCUT2D eigenvalue weighted by molar-refractivity contribution is 0.459. The monoisotopic (exact) mass is 436 g/mol. The lowest BCUT2D eigenvalue weighted by atomic mass is 9.36. The van der Waals surface area contributed by atoms with E-state index in [1.165, 1.54) is 0 Å². The SMILES string of the molecule is Cc1cc(B(c2c(F)c(F)cc(F)c2F)c2c(F)c(F)cc(F)c2F)c(F)cc1F. The van der Waals surface area contributed by atoms with Gasteiger partial charge in [0.2, 0.25) is 0 Å². The van der Waals surface area contributed by atoms with Crippen LogP contribution in [0, 0.1) is 65.1 Å². The van der Waals surface area contributed by atoms with Crippen LogP contribution in [0.4, 0.5) is 43.9 Å². The van der Waals surface area contributed by atoms with Crippen LogP contribution in [-0.4, -0.2) is 6.71 Å². The van der Waals surface area contributed by atoms with Crippen LogP contribution in [0.25, 0.3) is 0 Å². The van der Waals surface area contributed by atoms with E-state index in [9.17, 15) is 43.9 Å². The summed E-state index contributed by atoms with van der Waals surface area (Å²) in [5.41, 5.74) is -5.01. The lowest BCUT2D eigenvalue weighted by Gasteiger charge is -2.20. The Morgan fingerprint density at radius 1 is 0.467 bits per heavy atom. The summed E-state index contributed by atoms with van der Waals surface area (Å²) < 4.78 is 141. The zero-order valence-corrected chi connectivity index (χ0v) is 14.7. The summed E-state index contributed by atoms with van der Waals surface area (Å²) in [4.78, 5) is 0. The highest BCUT2D eigenvalue weighted by molar-refractivity contribution is 6.95. The maximum atomic E-state index is 14.5. The van der Waals surface area contributed by atoms with Gasteiger partial charge < -0.3 is 0 Å². The van der Waals surface area contributed by atoms with Gasteiger partial charge in [-0.2, -0.15) is 0 Å². The molecule has 3 rings (SSSR count). The van der Waals surface area contributed by atoms with Crippen LogP contribution in [0.3, 0.4) is 0 Å². The molecule has 0 aliphatic heterocycles. The van der Waals surface area contributed by atoms with Crippen molar-refractivity contribution in [3.8, 4) is 0 Å². The van der Waals surface area contributed by atoms with Crippen molar-refractivity contribution in [2.24, 2.45) is 0 Å². The molecule has 0 heterocycles. The second-order valence-electron chi connectivity index (χ2n) is 6.32. The van der Waals surface area contributed by atoms with Crippen molar-refractivity contribution in [1.29, 1.82) is 0 Å². The summed E-state index contributed by atoms with van der Waals surface area (Å²) in [7, 11) is 0. The summed E-state index contributed by atoms with van der Waals surface area (Å²) in [6.07, 6.45) is 0. The maximum Gasteiger partial charge on any atom is 0.260 e. The average molecular weight is 436 g/mol. The largest absolute Gasteiger partial charge is 0.260 e. The van der Waals surface area contributed by atoms with Gasteiger partial charge in [-0.1, -0.05) is 6.07 Å². The van der Waals surface area contributed by atoms with Crippen molar-refractivity contribution >= 4 is 23.1 Å². The lowest BCUT2D eigenvalue weighted by Crippen LogP contribution is -2.59. The predicted octanol–water partition coefficient (Wildman–Crippen LogP) is 3.90. The smallest absolute Gasteiger partial charge is 0.207 e. The molecule has 0 bridgehead atoms. The van der Waals surface area contributed by atoms with Gasteiger partial charge in [-0.15, -0.1) is 0 Å². The highest BCUT2D eigenvalue weighted by Gasteiger charge is 2.39. The molecule has 0 amide bonds. The molecule has 0 saturated heterocycles. The van der Waals surface area contributed by atoms with Crippen LogP contribution >= 0.6 is 0 Å². The molecule has 0 spiro atoms. The van der Waals surface area contributed by atoms with E-state index in [0.29, 0.717) is 6.07 Å². The molecule has 11 heteroatoms. The van der Waals surface area contributed by atoms with E-state index in [-0.39, 0.29) is 18.2 Å². The highest BCUT2D eigenvalue weighted by Crippen LogP contribution is 2.18. The Balaban J connectivity index is 2.54. The van der Waals surface area contributed by atoms with Crippen LogP contribution in [0.1, 0.15) is 5.56 Å². The molecule has 30 heavy (non-hydrogen) atoms. The van der Waals surface area contributed by atoms with Gasteiger partial charge in [0.1, 0.15) is 11.6 Å². The number of aryl methyl sites for hydroxylation is 1. The van der Waals surface area contributed by atoms with E-state index < -0.39 is 86.8 Å². The first-order valence-electron chi connectivity index (χ1n) is 8.07. The minimum absolute atomic E-state index is 0.175. The van der Waals surface area contributed by atoms with Crippen molar-refractivity contribution in [3.05, 3.63) is 88.0 Å². The van der Waals surface area contributed by atoms with Crippen molar-refractivity contribution in [2.75, 3.05) is 0 Å². The molecule has 0 atom stereocenters. The van der Waals surface area contributed by atoms with Gasteiger partial charge in [0, 0.05) is 29.1 Å². The van der Waals surface area contributed by atoms with E-state index in [4.69, 9.17) is 0 Å². The summed E-state index contributed by atoms with van der Waals surface area (Å²) >= 11 is 0. The van der Waals surface area contributed by atoms with E-state index >= 15 is 0 Å². The molecular weight excluding hydrogens is 429 g/mol. The van der Waals surface area contributed by atoms with Gasteiger partial charge in [-0.3, -0.25) is 0 Å². The molecule has 0 N–H and O–H groups in total. The molecule has 156 valence electrons. The van der Waals surface area contributed by atoms with Crippen molar-refractivity contribution in [2.45, 2.75) is 6.92 Å². The number of halogens is 10. The highest BCUT2D eigenvalue weighted by atomic mass is 19.2. The predicted molar refractivity (Wildman–Crippen MR) is 88.3 cm³/mol. The Morgan fingerprint density at radius 3 is 1.17 bits per heavy atom. The summed E-state index contributed by atoms with van der Waals surface area (Å²) in [6, 6.07) is 0.264. The van der Waals surface area contributed by atoms with E-state index in [0.717, 1.165) is 6.92 Å². The Hall–Kier alpha value is -2.98. The van der Waals surface area contributed by atoms with Gasteiger partial charge in [-0.25, -0.2) is 43.9 Å². The Kier molecular flexibility index (Phi) is 5.57. The molecule has 0 aliphatic carbocycles. The fourth-order valence-electron chi connectivity index (χ4n) is 3.05. The first-order chi connectivity index (χ1) is 14.0. The van der Waals surface area contributed by atoms with Gasteiger partial charge in [0.25, 0.3) is 6.71 Å². The number of benzene rings is 3. The summed E-state index contributed by atoms with van der Waals surface area (Å²) in [6.45, 7) is -1.72. The fraction of sp³-hybridized carbons (Fsp3) is 0.0526. The van der Waals surface area contributed by atoms with Gasteiger partial charge >= 0.3 is 0 Å². The summed E-state index contributed by atoms with van der Waals surface area (Å²) in [5, 5.41) is 0. The van der Waals surface area contributed by atoms with E-state index in [1.54, 1.807) is 0 Å². The molecule has 0 unspecified atom stereocenters. The minimum Gasteiger partial charge on any atom is -0.207 e. The number of rotatable bonds is 3. The van der Waals surface area contributed by atoms with Crippen molar-refractivity contribution in [3.63, 3.8) is 0 Å². The zero-order chi connectivity index (χ0) is 22.5. The molecule has 0 radical (unpaired) electrons. The van der Waals surface area contributed by atoms with Gasteiger partial charge in [-0.05, 0) is 17.9 Å². The first kappa shape index (κ1) is 21.7. The molecule has 0 aliphatic rings. The van der Waals surface area contributed by atoms with Crippen LogP contribution in [-0.2, 0) is 0 Å². The second kappa shape index (κ2) is 7.69. The minimum atomic E-state index is -2.75. The molecule has 0 saturated carbocycles. The molecule has 0 aromatic heterocycles. The van der Waals surface area contributed by atoms with Crippen molar-refractivity contribution in [1.82, 2.24) is 0 Å². The summed E-state index contributed by atoms with van der Waals surface area (Å²) in [5.74, 6) is -19.7. The first-order valence-corrected chi connectivity index (χ1v) is 8.07. The Bertz CT molecular complexity index is 1060. The normalized spacial score (nSPS) is 11.2. The molecule has 3 aromatic carbocycles. The average Bonchev–Trinajstić information content (AvgIpc) is 2.67. The standard InChI is InChI=1S/C19H7BF10/c1-6-2-7(9(22)3-8(6)21)20(14-16(27)10(23)4-11(24)17(14)28)15-18(29)12(25)5-13(26)19(15)30/h2-5H,1H3. The zero-order valence-electron chi connectivity index (χ0n) is 14.7. The number of hydrogen-bond donors (Lipinski definition) is 0.